The monoisotopic (exact) mass is 429 g/mol. The standard InChI is InChI=1S/C21H24ClN5O3/c1-14(28)25-8-10-26(11-9-25)21(30)20-16-13-27(7-6-18(16)23-24-20)19(29)12-15-4-2-3-5-17(15)22/h2-5H,6-13H2,1H3,(H,23,24). The minimum absolute atomic E-state index is 0.0203. The van der Waals surface area contributed by atoms with E-state index in [9.17, 15) is 14.4 Å². The highest BCUT2D eigenvalue weighted by Crippen LogP contribution is 2.24. The molecule has 3 heterocycles. The van der Waals surface area contributed by atoms with Gasteiger partial charge in [0.05, 0.1) is 6.42 Å². The molecule has 4 rings (SSSR count). The Bertz CT molecular complexity index is 981. The Labute approximate surface area is 179 Å². The predicted octanol–water partition coefficient (Wildman–Crippen LogP) is 1.49. The Morgan fingerprint density at radius 2 is 1.73 bits per heavy atom. The van der Waals surface area contributed by atoms with E-state index in [1.165, 1.54) is 6.92 Å². The van der Waals surface area contributed by atoms with E-state index in [0.717, 1.165) is 16.8 Å². The van der Waals surface area contributed by atoms with Gasteiger partial charge in [-0.15, -0.1) is 0 Å². The van der Waals surface area contributed by atoms with Crippen molar-refractivity contribution in [2.24, 2.45) is 0 Å². The van der Waals surface area contributed by atoms with Gasteiger partial charge in [-0.3, -0.25) is 19.5 Å². The third kappa shape index (κ3) is 4.05. The molecule has 30 heavy (non-hydrogen) atoms. The molecule has 0 unspecified atom stereocenters. The molecule has 2 aromatic rings. The lowest BCUT2D eigenvalue weighted by Crippen LogP contribution is -2.50. The molecule has 1 N–H and O–H groups in total. The summed E-state index contributed by atoms with van der Waals surface area (Å²) in [4.78, 5) is 42.6. The van der Waals surface area contributed by atoms with Crippen molar-refractivity contribution in [3.05, 3.63) is 51.8 Å². The lowest BCUT2D eigenvalue weighted by atomic mass is 10.0. The maximum absolute atomic E-state index is 13.0. The molecule has 1 fully saturated rings. The van der Waals surface area contributed by atoms with Crippen LogP contribution in [0.4, 0.5) is 0 Å². The molecule has 0 atom stereocenters. The van der Waals surface area contributed by atoms with E-state index in [2.05, 4.69) is 10.2 Å². The molecule has 2 aliphatic heterocycles. The number of amides is 3. The van der Waals surface area contributed by atoms with E-state index in [0.29, 0.717) is 56.4 Å². The average Bonchev–Trinajstić information content (AvgIpc) is 3.18. The van der Waals surface area contributed by atoms with E-state index in [1.54, 1.807) is 20.8 Å². The summed E-state index contributed by atoms with van der Waals surface area (Å²) in [5.74, 6) is -0.161. The number of halogens is 1. The van der Waals surface area contributed by atoms with Gasteiger partial charge in [0.1, 0.15) is 0 Å². The first-order valence-electron chi connectivity index (χ1n) is 10.1. The van der Waals surface area contributed by atoms with Crippen LogP contribution in [0.25, 0.3) is 0 Å². The average molecular weight is 430 g/mol. The molecule has 0 radical (unpaired) electrons. The highest BCUT2D eigenvalue weighted by Gasteiger charge is 2.31. The number of hydrogen-bond donors (Lipinski definition) is 1. The Morgan fingerprint density at radius 3 is 2.43 bits per heavy atom. The first kappa shape index (κ1) is 20.4. The number of benzene rings is 1. The molecule has 158 valence electrons. The van der Waals surface area contributed by atoms with Crippen LogP contribution < -0.4 is 0 Å². The van der Waals surface area contributed by atoms with E-state index in [4.69, 9.17) is 11.6 Å². The third-order valence-electron chi connectivity index (χ3n) is 5.80. The topological polar surface area (TPSA) is 89.6 Å². The van der Waals surface area contributed by atoms with Crippen LogP contribution in [0.5, 0.6) is 0 Å². The summed E-state index contributed by atoms with van der Waals surface area (Å²) in [6, 6.07) is 7.32. The quantitative estimate of drug-likeness (QED) is 0.800. The number of aromatic nitrogens is 2. The molecule has 0 aliphatic carbocycles. The largest absolute Gasteiger partial charge is 0.339 e. The maximum Gasteiger partial charge on any atom is 0.274 e. The molecule has 2 aliphatic rings. The summed E-state index contributed by atoms with van der Waals surface area (Å²) in [7, 11) is 0. The van der Waals surface area contributed by atoms with Crippen LogP contribution in [-0.4, -0.2) is 75.3 Å². The van der Waals surface area contributed by atoms with Gasteiger partial charge in [-0.2, -0.15) is 5.10 Å². The fourth-order valence-corrected chi connectivity index (χ4v) is 4.18. The minimum atomic E-state index is -0.156. The van der Waals surface area contributed by atoms with Gasteiger partial charge in [-0.05, 0) is 11.6 Å². The highest BCUT2D eigenvalue weighted by atomic mass is 35.5. The SMILES string of the molecule is CC(=O)N1CCN(C(=O)c2n[nH]c3c2CN(C(=O)Cc2ccccc2Cl)CC3)CC1. The van der Waals surface area contributed by atoms with Gasteiger partial charge in [-0.1, -0.05) is 29.8 Å². The second-order valence-electron chi connectivity index (χ2n) is 7.66. The molecule has 3 amide bonds. The Morgan fingerprint density at radius 1 is 1.03 bits per heavy atom. The van der Waals surface area contributed by atoms with E-state index in [-0.39, 0.29) is 24.1 Å². The van der Waals surface area contributed by atoms with Crippen molar-refractivity contribution in [2.45, 2.75) is 26.3 Å². The van der Waals surface area contributed by atoms with Crippen molar-refractivity contribution in [3.63, 3.8) is 0 Å². The van der Waals surface area contributed by atoms with E-state index < -0.39 is 0 Å². The zero-order chi connectivity index (χ0) is 21.3. The fraction of sp³-hybridized carbons (Fsp3) is 0.429. The molecular weight excluding hydrogens is 406 g/mol. The number of hydrogen-bond acceptors (Lipinski definition) is 4. The zero-order valence-electron chi connectivity index (χ0n) is 16.9. The van der Waals surface area contributed by atoms with Crippen LogP contribution in [0.1, 0.15) is 34.2 Å². The van der Waals surface area contributed by atoms with Crippen LogP contribution in [-0.2, 0) is 29.0 Å². The van der Waals surface area contributed by atoms with E-state index >= 15 is 0 Å². The fourth-order valence-electron chi connectivity index (χ4n) is 3.98. The van der Waals surface area contributed by atoms with Gasteiger partial charge in [0.15, 0.2) is 5.69 Å². The number of carbonyl (C=O) groups is 3. The second-order valence-corrected chi connectivity index (χ2v) is 8.07. The van der Waals surface area contributed by atoms with Crippen LogP contribution in [0.2, 0.25) is 5.02 Å². The molecule has 0 saturated carbocycles. The van der Waals surface area contributed by atoms with Crippen molar-refractivity contribution in [2.75, 3.05) is 32.7 Å². The molecule has 1 saturated heterocycles. The first-order chi connectivity index (χ1) is 14.4. The van der Waals surface area contributed by atoms with Crippen LogP contribution in [0.3, 0.4) is 0 Å². The molecule has 9 heteroatoms. The summed E-state index contributed by atoms with van der Waals surface area (Å²) < 4.78 is 0. The molecule has 1 aromatic carbocycles. The van der Waals surface area contributed by atoms with Crippen molar-refractivity contribution in [1.29, 1.82) is 0 Å². The Balaban J connectivity index is 1.45. The van der Waals surface area contributed by atoms with Gasteiger partial charge in [0.25, 0.3) is 5.91 Å². The number of fused-ring (bicyclic) bond motifs is 1. The number of rotatable bonds is 3. The van der Waals surface area contributed by atoms with Gasteiger partial charge < -0.3 is 14.7 Å². The Kier molecular flexibility index (Phi) is 5.76. The number of piperazine rings is 1. The normalized spacial score (nSPS) is 16.4. The highest BCUT2D eigenvalue weighted by molar-refractivity contribution is 6.31. The lowest BCUT2D eigenvalue weighted by Gasteiger charge is -2.34. The number of H-pyrrole nitrogens is 1. The maximum atomic E-state index is 13.0. The third-order valence-corrected chi connectivity index (χ3v) is 6.17. The van der Waals surface area contributed by atoms with Crippen molar-refractivity contribution >= 4 is 29.3 Å². The minimum Gasteiger partial charge on any atom is -0.339 e. The summed E-state index contributed by atoms with van der Waals surface area (Å²) in [5.41, 5.74) is 2.86. The lowest BCUT2D eigenvalue weighted by molar-refractivity contribution is -0.131. The van der Waals surface area contributed by atoms with Crippen LogP contribution in [0.15, 0.2) is 24.3 Å². The Hall–Kier alpha value is -2.87. The second kappa shape index (κ2) is 8.47. The predicted molar refractivity (Wildman–Crippen MR) is 111 cm³/mol. The van der Waals surface area contributed by atoms with Gasteiger partial charge in [0.2, 0.25) is 11.8 Å². The molecule has 1 aromatic heterocycles. The summed E-state index contributed by atoms with van der Waals surface area (Å²) in [6.45, 7) is 4.47. The summed E-state index contributed by atoms with van der Waals surface area (Å²) in [5, 5.41) is 7.81. The zero-order valence-corrected chi connectivity index (χ0v) is 17.6. The van der Waals surface area contributed by atoms with Crippen molar-refractivity contribution in [3.8, 4) is 0 Å². The summed E-state index contributed by atoms with van der Waals surface area (Å²) in [6.07, 6.45) is 0.852. The molecule has 8 nitrogen and oxygen atoms in total. The van der Waals surface area contributed by atoms with Gasteiger partial charge >= 0.3 is 0 Å². The number of carbonyl (C=O) groups excluding carboxylic acids is 3. The van der Waals surface area contributed by atoms with E-state index in [1.807, 2.05) is 18.2 Å². The smallest absolute Gasteiger partial charge is 0.274 e. The van der Waals surface area contributed by atoms with Crippen LogP contribution in [0, 0.1) is 0 Å². The van der Waals surface area contributed by atoms with Crippen molar-refractivity contribution < 1.29 is 14.4 Å². The molecular formula is C21H24ClN5O3. The van der Waals surface area contributed by atoms with Gasteiger partial charge in [-0.25, -0.2) is 0 Å². The van der Waals surface area contributed by atoms with Crippen molar-refractivity contribution in [1.82, 2.24) is 24.9 Å². The first-order valence-corrected chi connectivity index (χ1v) is 10.4. The molecule has 0 spiro atoms. The number of nitrogens with one attached hydrogen (secondary N) is 1. The number of aromatic amines is 1. The number of nitrogens with zero attached hydrogens (tertiary/aromatic N) is 4. The van der Waals surface area contributed by atoms with Gasteiger partial charge in [0, 0.05) is 68.9 Å². The van der Waals surface area contributed by atoms with Crippen LogP contribution >= 0.6 is 11.6 Å². The molecule has 0 bridgehead atoms. The summed E-state index contributed by atoms with van der Waals surface area (Å²) >= 11 is 6.19.